The summed E-state index contributed by atoms with van der Waals surface area (Å²) in [5.41, 5.74) is 1.55. The van der Waals surface area contributed by atoms with E-state index in [2.05, 4.69) is 32.2 Å². The van der Waals surface area contributed by atoms with E-state index in [4.69, 9.17) is 0 Å². The van der Waals surface area contributed by atoms with Gasteiger partial charge >= 0.3 is 0 Å². The van der Waals surface area contributed by atoms with Gasteiger partial charge in [0.2, 0.25) is 0 Å². The first-order valence-electron chi connectivity index (χ1n) is 5.59. The van der Waals surface area contributed by atoms with Crippen molar-refractivity contribution in [2.75, 3.05) is 6.54 Å². The van der Waals surface area contributed by atoms with E-state index in [0.717, 1.165) is 6.04 Å². The molecule has 1 fully saturated rings. The zero-order chi connectivity index (χ0) is 9.68. The minimum atomic E-state index is 0.698. The third kappa shape index (κ3) is 4.47. The smallest absolute Gasteiger partial charge is 0.0104 e. The summed E-state index contributed by atoms with van der Waals surface area (Å²) in [5, 5.41) is 3.58. The highest BCUT2D eigenvalue weighted by Crippen LogP contribution is 2.15. The summed E-state index contributed by atoms with van der Waals surface area (Å²) in [7, 11) is 0. The molecule has 1 N–H and O–H groups in total. The van der Waals surface area contributed by atoms with Gasteiger partial charge in [-0.1, -0.05) is 31.9 Å². The summed E-state index contributed by atoms with van der Waals surface area (Å²) in [6.07, 6.45) is 7.77. The molecule has 0 aliphatic carbocycles. The zero-order valence-electron chi connectivity index (χ0n) is 9.27. The van der Waals surface area contributed by atoms with Crippen molar-refractivity contribution >= 4 is 0 Å². The molecule has 1 aliphatic rings. The second-order valence-corrected chi connectivity index (χ2v) is 4.61. The zero-order valence-corrected chi connectivity index (χ0v) is 9.27. The monoisotopic (exact) mass is 181 g/mol. The molecule has 1 atom stereocenters. The van der Waals surface area contributed by atoms with E-state index in [-0.39, 0.29) is 0 Å². The van der Waals surface area contributed by atoms with Crippen molar-refractivity contribution in [2.45, 2.75) is 52.5 Å². The fourth-order valence-electron chi connectivity index (χ4n) is 2.12. The molecule has 1 unspecified atom stereocenters. The quantitative estimate of drug-likeness (QED) is 0.660. The highest BCUT2D eigenvalue weighted by atomic mass is 14.9. The van der Waals surface area contributed by atoms with Gasteiger partial charge in [0, 0.05) is 6.04 Å². The Kier molecular flexibility index (Phi) is 4.51. The third-order valence-corrected chi connectivity index (χ3v) is 2.60. The Morgan fingerprint density at radius 1 is 1.46 bits per heavy atom. The average molecular weight is 181 g/mol. The molecular formula is C12H23N. The van der Waals surface area contributed by atoms with Crippen molar-refractivity contribution in [3.05, 3.63) is 11.6 Å². The van der Waals surface area contributed by atoms with E-state index in [0.29, 0.717) is 5.92 Å². The lowest BCUT2D eigenvalue weighted by atomic mass is 9.97. The summed E-state index contributed by atoms with van der Waals surface area (Å²) in [5.74, 6) is 0.698. The predicted octanol–water partition coefficient (Wildman–Crippen LogP) is 3.12. The van der Waals surface area contributed by atoms with Gasteiger partial charge in [-0.2, -0.15) is 0 Å². The molecule has 1 heterocycles. The highest BCUT2D eigenvalue weighted by Gasteiger charge is 2.12. The molecule has 0 amide bonds. The molecule has 13 heavy (non-hydrogen) atoms. The number of piperidine rings is 1. The van der Waals surface area contributed by atoms with Crippen LogP contribution >= 0.6 is 0 Å². The minimum Gasteiger partial charge on any atom is -0.314 e. The van der Waals surface area contributed by atoms with Crippen molar-refractivity contribution < 1.29 is 0 Å². The standard InChI is InChI=1S/C12H23N/c1-10(2)8-11(3)9-12-6-4-5-7-13-12/h8,10,12-13H,4-7,9H2,1-3H3/b11-8-. The second-order valence-electron chi connectivity index (χ2n) is 4.61. The average Bonchev–Trinajstić information content (AvgIpc) is 2.04. The van der Waals surface area contributed by atoms with Gasteiger partial charge in [0.25, 0.3) is 0 Å². The van der Waals surface area contributed by atoms with E-state index in [9.17, 15) is 0 Å². The van der Waals surface area contributed by atoms with Crippen LogP contribution in [-0.2, 0) is 0 Å². The lowest BCUT2D eigenvalue weighted by molar-refractivity contribution is 0.398. The molecule has 1 saturated heterocycles. The van der Waals surface area contributed by atoms with Gasteiger partial charge in [0.15, 0.2) is 0 Å². The van der Waals surface area contributed by atoms with Gasteiger partial charge in [-0.15, -0.1) is 0 Å². The van der Waals surface area contributed by atoms with Gasteiger partial charge in [0.05, 0.1) is 0 Å². The molecule has 0 saturated carbocycles. The number of rotatable bonds is 3. The van der Waals surface area contributed by atoms with Crippen LogP contribution < -0.4 is 5.32 Å². The predicted molar refractivity (Wildman–Crippen MR) is 58.9 cm³/mol. The van der Waals surface area contributed by atoms with Crippen LogP contribution in [0.3, 0.4) is 0 Å². The number of nitrogens with one attached hydrogen (secondary N) is 1. The molecule has 76 valence electrons. The molecule has 0 aromatic heterocycles. The van der Waals surface area contributed by atoms with Crippen molar-refractivity contribution in [1.29, 1.82) is 0 Å². The van der Waals surface area contributed by atoms with Crippen LogP contribution in [0.1, 0.15) is 46.5 Å². The van der Waals surface area contributed by atoms with Crippen molar-refractivity contribution in [2.24, 2.45) is 5.92 Å². The van der Waals surface area contributed by atoms with Crippen molar-refractivity contribution in [3.8, 4) is 0 Å². The maximum atomic E-state index is 3.58. The van der Waals surface area contributed by atoms with Crippen LogP contribution in [0.4, 0.5) is 0 Å². The summed E-state index contributed by atoms with van der Waals surface area (Å²) < 4.78 is 0. The summed E-state index contributed by atoms with van der Waals surface area (Å²) in [4.78, 5) is 0. The lowest BCUT2D eigenvalue weighted by Gasteiger charge is -2.23. The van der Waals surface area contributed by atoms with Gasteiger partial charge < -0.3 is 5.32 Å². The lowest BCUT2D eigenvalue weighted by Crippen LogP contribution is -2.34. The molecule has 0 aromatic carbocycles. The largest absolute Gasteiger partial charge is 0.314 e. The molecule has 1 rings (SSSR count). The molecule has 0 spiro atoms. The Bertz CT molecular complexity index is 164. The van der Waals surface area contributed by atoms with E-state index in [1.165, 1.54) is 32.2 Å². The van der Waals surface area contributed by atoms with Crippen LogP contribution in [-0.4, -0.2) is 12.6 Å². The first-order valence-corrected chi connectivity index (χ1v) is 5.59. The van der Waals surface area contributed by atoms with Crippen LogP contribution in [0.5, 0.6) is 0 Å². The van der Waals surface area contributed by atoms with Crippen LogP contribution in [0.2, 0.25) is 0 Å². The van der Waals surface area contributed by atoms with Gasteiger partial charge in [0.1, 0.15) is 0 Å². The fourth-order valence-corrected chi connectivity index (χ4v) is 2.12. The molecule has 1 nitrogen and oxygen atoms in total. The number of allylic oxidation sites excluding steroid dienone is 1. The Morgan fingerprint density at radius 3 is 2.77 bits per heavy atom. The first kappa shape index (κ1) is 10.8. The maximum Gasteiger partial charge on any atom is 0.0104 e. The highest BCUT2D eigenvalue weighted by molar-refractivity contribution is 5.02. The third-order valence-electron chi connectivity index (χ3n) is 2.60. The fraction of sp³-hybridized carbons (Fsp3) is 0.833. The van der Waals surface area contributed by atoms with Crippen molar-refractivity contribution in [3.63, 3.8) is 0 Å². The number of hydrogen-bond acceptors (Lipinski definition) is 1. The van der Waals surface area contributed by atoms with E-state index in [1.807, 2.05) is 0 Å². The normalized spacial score (nSPS) is 25.2. The van der Waals surface area contributed by atoms with Crippen LogP contribution in [0.25, 0.3) is 0 Å². The second kappa shape index (κ2) is 5.43. The van der Waals surface area contributed by atoms with Gasteiger partial charge in [-0.3, -0.25) is 0 Å². The molecule has 0 bridgehead atoms. The van der Waals surface area contributed by atoms with E-state index in [1.54, 1.807) is 5.57 Å². The summed E-state index contributed by atoms with van der Waals surface area (Å²) >= 11 is 0. The Morgan fingerprint density at radius 2 is 2.23 bits per heavy atom. The van der Waals surface area contributed by atoms with Crippen molar-refractivity contribution in [1.82, 2.24) is 5.32 Å². The number of hydrogen-bond donors (Lipinski definition) is 1. The Balaban J connectivity index is 2.29. The molecule has 0 aromatic rings. The molecular weight excluding hydrogens is 158 g/mol. The topological polar surface area (TPSA) is 12.0 Å². The SMILES string of the molecule is C/C(=C/C(C)C)CC1CCCCN1. The maximum absolute atomic E-state index is 3.58. The van der Waals surface area contributed by atoms with E-state index < -0.39 is 0 Å². The molecule has 0 radical (unpaired) electrons. The summed E-state index contributed by atoms with van der Waals surface area (Å²) in [6, 6.07) is 0.753. The summed E-state index contributed by atoms with van der Waals surface area (Å²) in [6.45, 7) is 7.98. The molecule has 1 aliphatic heterocycles. The molecule has 1 heteroatoms. The van der Waals surface area contributed by atoms with Crippen LogP contribution in [0, 0.1) is 5.92 Å². The minimum absolute atomic E-state index is 0.698. The van der Waals surface area contributed by atoms with Gasteiger partial charge in [-0.05, 0) is 38.6 Å². The van der Waals surface area contributed by atoms with E-state index >= 15 is 0 Å². The van der Waals surface area contributed by atoms with Crippen LogP contribution in [0.15, 0.2) is 11.6 Å². The van der Waals surface area contributed by atoms with Gasteiger partial charge in [-0.25, -0.2) is 0 Å². The first-order chi connectivity index (χ1) is 6.18. The Hall–Kier alpha value is -0.300. The Labute approximate surface area is 82.6 Å².